The van der Waals surface area contributed by atoms with E-state index < -0.39 is 11.5 Å². The molecular formula is C22H15Cl2NO4. The predicted molar refractivity (Wildman–Crippen MR) is 113 cm³/mol. The number of hydrogen-bond acceptors (Lipinski definition) is 5. The van der Waals surface area contributed by atoms with Crippen LogP contribution >= 0.6 is 23.2 Å². The van der Waals surface area contributed by atoms with Gasteiger partial charge in [-0.25, -0.2) is 0 Å². The first-order valence-corrected chi connectivity index (χ1v) is 9.27. The third-order valence-electron chi connectivity index (χ3n) is 4.16. The maximum atomic E-state index is 12.8. The molecule has 0 fully saturated rings. The van der Waals surface area contributed by atoms with Gasteiger partial charge in [-0.05, 0) is 18.2 Å². The first kappa shape index (κ1) is 20.6. The monoisotopic (exact) mass is 427 g/mol. The summed E-state index contributed by atoms with van der Waals surface area (Å²) in [7, 11) is 0. The van der Waals surface area contributed by atoms with E-state index in [9.17, 15) is 19.8 Å². The molecule has 5 nitrogen and oxygen atoms in total. The summed E-state index contributed by atoms with van der Waals surface area (Å²) in [5.74, 6) is -1.69. The molecule has 0 unspecified atom stereocenters. The molecule has 0 saturated heterocycles. The number of phenols is 2. The molecule has 0 heterocycles. The van der Waals surface area contributed by atoms with E-state index in [2.05, 4.69) is 4.99 Å². The summed E-state index contributed by atoms with van der Waals surface area (Å²) < 4.78 is 0. The molecule has 0 saturated carbocycles. The van der Waals surface area contributed by atoms with Gasteiger partial charge in [0.25, 0.3) is 0 Å². The number of Topliss-reactive ketones (excluding diaryl/α,β-unsaturated/α-hetero) is 1. The van der Waals surface area contributed by atoms with Crippen molar-refractivity contribution in [2.24, 2.45) is 4.99 Å². The number of carbonyl (C=O) groups is 2. The van der Waals surface area contributed by atoms with Crippen molar-refractivity contribution in [1.29, 1.82) is 0 Å². The molecule has 0 amide bonds. The normalized spacial score (nSPS) is 11.0. The Hall–Kier alpha value is -3.15. The van der Waals surface area contributed by atoms with E-state index in [0.29, 0.717) is 11.1 Å². The van der Waals surface area contributed by atoms with Crippen molar-refractivity contribution in [3.05, 3.63) is 93.0 Å². The molecular weight excluding hydrogens is 413 g/mol. The van der Waals surface area contributed by atoms with Crippen LogP contribution in [0.4, 0.5) is 0 Å². The molecule has 2 N–H and O–H groups in total. The predicted octanol–water partition coefficient (Wildman–Crippen LogP) is 4.94. The van der Waals surface area contributed by atoms with Crippen molar-refractivity contribution in [2.45, 2.75) is 0 Å². The molecule has 7 heteroatoms. The zero-order valence-corrected chi connectivity index (χ0v) is 16.5. The van der Waals surface area contributed by atoms with E-state index in [1.54, 1.807) is 36.4 Å². The SMILES string of the molecule is O=C(CN=Cc1ccc(Cl)c(C(=O)c2ccccc2)c1Cl)c1cccc(O)c1O. The minimum Gasteiger partial charge on any atom is -0.504 e. The minimum absolute atomic E-state index is 0.0377. The number of aromatic hydroxyl groups is 2. The first-order chi connectivity index (χ1) is 13.9. The van der Waals surface area contributed by atoms with Gasteiger partial charge in [-0.1, -0.05) is 65.7 Å². The van der Waals surface area contributed by atoms with E-state index in [1.807, 2.05) is 0 Å². The second-order valence-electron chi connectivity index (χ2n) is 6.09. The molecule has 0 bridgehead atoms. The Morgan fingerprint density at radius 2 is 1.66 bits per heavy atom. The highest BCUT2D eigenvalue weighted by molar-refractivity contribution is 6.42. The van der Waals surface area contributed by atoms with Crippen molar-refractivity contribution in [2.75, 3.05) is 6.54 Å². The summed E-state index contributed by atoms with van der Waals surface area (Å²) in [6.07, 6.45) is 1.36. The molecule has 3 rings (SSSR count). The zero-order chi connectivity index (χ0) is 21.0. The number of halogens is 2. The van der Waals surface area contributed by atoms with Gasteiger partial charge in [-0.15, -0.1) is 0 Å². The summed E-state index contributed by atoms with van der Waals surface area (Å²) in [4.78, 5) is 29.0. The maximum absolute atomic E-state index is 12.8. The molecule has 0 radical (unpaired) electrons. The van der Waals surface area contributed by atoms with E-state index in [-0.39, 0.29) is 39.2 Å². The largest absolute Gasteiger partial charge is 0.504 e. The topological polar surface area (TPSA) is 87.0 Å². The fourth-order valence-corrected chi connectivity index (χ4v) is 3.27. The van der Waals surface area contributed by atoms with Gasteiger partial charge in [0.1, 0.15) is 6.54 Å². The Bertz CT molecular complexity index is 1110. The van der Waals surface area contributed by atoms with Crippen molar-refractivity contribution < 1.29 is 19.8 Å². The molecule has 0 aliphatic rings. The Morgan fingerprint density at radius 3 is 2.38 bits per heavy atom. The molecule has 146 valence electrons. The van der Waals surface area contributed by atoms with Crippen LogP contribution in [-0.2, 0) is 0 Å². The summed E-state index contributed by atoms with van der Waals surface area (Å²) in [5.41, 5.74) is 0.980. The van der Waals surface area contributed by atoms with Crippen LogP contribution in [0.5, 0.6) is 11.5 Å². The fraction of sp³-hybridized carbons (Fsp3) is 0.0455. The molecule has 0 aliphatic heterocycles. The van der Waals surface area contributed by atoms with E-state index in [1.165, 1.54) is 30.5 Å². The summed E-state index contributed by atoms with van der Waals surface area (Å²) in [5, 5.41) is 19.6. The maximum Gasteiger partial charge on any atom is 0.196 e. The number of aliphatic imine (C=N–C) groups is 1. The number of nitrogens with zero attached hydrogens (tertiary/aromatic N) is 1. The van der Waals surface area contributed by atoms with Gasteiger partial charge in [0.15, 0.2) is 23.1 Å². The van der Waals surface area contributed by atoms with Crippen LogP contribution in [0, 0.1) is 0 Å². The van der Waals surface area contributed by atoms with Crippen LogP contribution in [0.1, 0.15) is 31.8 Å². The minimum atomic E-state index is -0.493. The molecule has 29 heavy (non-hydrogen) atoms. The van der Waals surface area contributed by atoms with Gasteiger partial charge < -0.3 is 10.2 Å². The molecule has 3 aromatic carbocycles. The van der Waals surface area contributed by atoms with E-state index >= 15 is 0 Å². The van der Waals surface area contributed by atoms with Crippen LogP contribution in [-0.4, -0.2) is 34.5 Å². The van der Waals surface area contributed by atoms with Crippen LogP contribution in [0.25, 0.3) is 0 Å². The van der Waals surface area contributed by atoms with E-state index in [0.717, 1.165) is 0 Å². The van der Waals surface area contributed by atoms with E-state index in [4.69, 9.17) is 23.2 Å². The number of ketones is 2. The van der Waals surface area contributed by atoms with Crippen molar-refractivity contribution in [1.82, 2.24) is 0 Å². The number of hydrogen-bond donors (Lipinski definition) is 2. The number of rotatable bonds is 6. The average Bonchev–Trinajstić information content (AvgIpc) is 2.72. The highest BCUT2D eigenvalue weighted by Crippen LogP contribution is 2.30. The first-order valence-electron chi connectivity index (χ1n) is 8.52. The average molecular weight is 428 g/mol. The Morgan fingerprint density at radius 1 is 0.931 bits per heavy atom. The second-order valence-corrected chi connectivity index (χ2v) is 6.87. The van der Waals surface area contributed by atoms with Crippen molar-refractivity contribution in [3.63, 3.8) is 0 Å². The lowest BCUT2D eigenvalue weighted by Gasteiger charge is -2.09. The van der Waals surface area contributed by atoms with Crippen LogP contribution in [0.3, 0.4) is 0 Å². The molecule has 0 aromatic heterocycles. The Kier molecular flexibility index (Phi) is 6.32. The Labute approximate surface area is 176 Å². The highest BCUT2D eigenvalue weighted by atomic mass is 35.5. The van der Waals surface area contributed by atoms with Crippen LogP contribution in [0.15, 0.2) is 65.7 Å². The van der Waals surface area contributed by atoms with Gasteiger partial charge in [0.05, 0.1) is 21.2 Å². The summed E-state index contributed by atoms with van der Waals surface area (Å²) in [6, 6.07) is 15.8. The number of para-hydroxylation sites is 1. The lowest BCUT2D eigenvalue weighted by molar-refractivity contribution is 0.0997. The number of benzene rings is 3. The molecule has 3 aromatic rings. The number of carbonyl (C=O) groups excluding carboxylic acids is 2. The van der Waals surface area contributed by atoms with Gasteiger partial charge in [0.2, 0.25) is 0 Å². The summed E-state index contributed by atoms with van der Waals surface area (Å²) >= 11 is 12.6. The molecule has 0 atom stereocenters. The zero-order valence-electron chi connectivity index (χ0n) is 15.0. The number of phenolic OH excluding ortho intramolecular Hbond substituents is 2. The van der Waals surface area contributed by atoms with Crippen LogP contribution < -0.4 is 0 Å². The van der Waals surface area contributed by atoms with Gasteiger partial charge in [-0.2, -0.15) is 0 Å². The van der Waals surface area contributed by atoms with Gasteiger partial charge in [-0.3, -0.25) is 14.6 Å². The summed E-state index contributed by atoms with van der Waals surface area (Å²) in [6.45, 7) is -0.280. The highest BCUT2D eigenvalue weighted by Gasteiger charge is 2.19. The molecule has 0 spiro atoms. The van der Waals surface area contributed by atoms with Crippen LogP contribution in [0.2, 0.25) is 10.0 Å². The third kappa shape index (κ3) is 4.47. The lowest BCUT2D eigenvalue weighted by Crippen LogP contribution is -2.06. The van der Waals surface area contributed by atoms with Gasteiger partial charge in [0, 0.05) is 17.3 Å². The third-order valence-corrected chi connectivity index (χ3v) is 4.89. The van der Waals surface area contributed by atoms with Gasteiger partial charge >= 0.3 is 0 Å². The fourth-order valence-electron chi connectivity index (χ4n) is 2.68. The smallest absolute Gasteiger partial charge is 0.196 e. The van der Waals surface area contributed by atoms with Crippen molar-refractivity contribution >= 4 is 41.0 Å². The lowest BCUT2D eigenvalue weighted by atomic mass is 10.0. The Balaban J connectivity index is 1.84. The standard InChI is InChI=1S/C22H15Cl2NO4/c23-16-10-9-14(20(24)19(16)21(28)13-5-2-1-3-6-13)11-25-12-18(27)15-7-4-8-17(26)22(15)29/h1-11,26,29H,12H2. The quantitative estimate of drug-likeness (QED) is 0.331. The molecule has 0 aliphatic carbocycles. The second kappa shape index (κ2) is 8.90. The van der Waals surface area contributed by atoms with Crippen molar-refractivity contribution in [3.8, 4) is 11.5 Å².